The van der Waals surface area contributed by atoms with Gasteiger partial charge in [-0.1, -0.05) is 30.7 Å². The molecule has 0 unspecified atom stereocenters. The van der Waals surface area contributed by atoms with Gasteiger partial charge in [-0.15, -0.1) is 0 Å². The zero-order chi connectivity index (χ0) is 23.5. The number of benzene rings is 2. The number of rotatable bonds is 9. The fourth-order valence-electron chi connectivity index (χ4n) is 3.10. The molecule has 1 heterocycles. The Kier molecular flexibility index (Phi) is 8.82. The van der Waals surface area contributed by atoms with Gasteiger partial charge in [0.25, 0.3) is 15.9 Å². The lowest BCUT2D eigenvalue weighted by Gasteiger charge is -2.11. The molecular weight excluding hydrogens is 446 g/mol. The minimum Gasteiger partial charge on any atom is -0.493 e. The fourth-order valence-corrected chi connectivity index (χ4v) is 4.23. The second-order valence-electron chi connectivity index (χ2n) is 7.39. The number of aliphatic imine (C=N–C) groups is 1. The predicted octanol–water partition coefficient (Wildman–Crippen LogP) is 2.89. The Morgan fingerprint density at radius 1 is 1.00 bits per heavy atom. The highest BCUT2D eigenvalue weighted by molar-refractivity contribution is 7.90. The van der Waals surface area contributed by atoms with Crippen molar-refractivity contribution >= 4 is 33.4 Å². The van der Waals surface area contributed by atoms with Crippen LogP contribution in [0.25, 0.3) is 0 Å². The van der Waals surface area contributed by atoms with E-state index in [1.54, 1.807) is 18.2 Å². The Bertz CT molecular complexity index is 1090. The topological polar surface area (TPSA) is 123 Å². The number of para-hydroxylation sites is 1. The summed E-state index contributed by atoms with van der Waals surface area (Å²) in [6.45, 7) is 0.240. The molecule has 0 atom stereocenters. The van der Waals surface area contributed by atoms with Crippen molar-refractivity contribution in [2.24, 2.45) is 4.99 Å². The molecule has 1 amide bonds. The summed E-state index contributed by atoms with van der Waals surface area (Å²) in [7, 11) is -3.82. The molecule has 2 aromatic carbocycles. The molecule has 0 saturated heterocycles. The molecule has 0 radical (unpaired) electrons. The van der Waals surface area contributed by atoms with Crippen LogP contribution < -0.4 is 14.8 Å². The molecule has 176 valence electrons. The second kappa shape index (κ2) is 12.0. The van der Waals surface area contributed by atoms with Crippen LogP contribution in [0.15, 0.2) is 64.5 Å². The molecule has 10 heteroatoms. The van der Waals surface area contributed by atoms with Gasteiger partial charge in [-0.2, -0.15) is 0 Å². The molecule has 0 spiro atoms. The zero-order valence-corrected chi connectivity index (χ0v) is 19.0. The smallest absolute Gasteiger partial charge is 0.309 e. The molecule has 0 saturated carbocycles. The van der Waals surface area contributed by atoms with Crippen molar-refractivity contribution < 1.29 is 27.5 Å². The summed E-state index contributed by atoms with van der Waals surface area (Å²) in [6, 6.07) is 14.9. The first-order chi connectivity index (χ1) is 15.9. The number of carbonyl (C=O) groups is 2. The Morgan fingerprint density at radius 2 is 1.82 bits per heavy atom. The van der Waals surface area contributed by atoms with Crippen molar-refractivity contribution in [1.82, 2.24) is 4.72 Å². The maximum absolute atomic E-state index is 12.7. The van der Waals surface area contributed by atoms with Crippen LogP contribution in [-0.4, -0.2) is 45.9 Å². The van der Waals surface area contributed by atoms with E-state index < -0.39 is 28.5 Å². The summed E-state index contributed by atoms with van der Waals surface area (Å²) < 4.78 is 38.3. The molecule has 33 heavy (non-hydrogen) atoms. The first-order valence-corrected chi connectivity index (χ1v) is 12.2. The van der Waals surface area contributed by atoms with Crippen LogP contribution in [0.3, 0.4) is 0 Å². The van der Waals surface area contributed by atoms with Gasteiger partial charge < -0.3 is 14.8 Å². The third-order valence-corrected chi connectivity index (χ3v) is 6.12. The van der Waals surface area contributed by atoms with Crippen molar-refractivity contribution in [2.45, 2.75) is 37.0 Å². The molecular formula is C23H27N3O6S. The van der Waals surface area contributed by atoms with Crippen LogP contribution in [0.1, 0.15) is 32.1 Å². The quantitative estimate of drug-likeness (QED) is 0.540. The van der Waals surface area contributed by atoms with E-state index in [1.165, 1.54) is 18.2 Å². The highest BCUT2D eigenvalue weighted by Crippen LogP contribution is 2.17. The summed E-state index contributed by atoms with van der Waals surface area (Å²) in [5, 5.41) is 2.54. The molecule has 2 aromatic rings. The number of hydrogen-bond donors (Lipinski definition) is 2. The maximum Gasteiger partial charge on any atom is 0.309 e. The average Bonchev–Trinajstić information content (AvgIpc) is 3.07. The molecule has 3 rings (SSSR count). The van der Waals surface area contributed by atoms with Crippen molar-refractivity contribution in [1.29, 1.82) is 0 Å². The van der Waals surface area contributed by atoms with Gasteiger partial charge in [0.1, 0.15) is 11.6 Å². The molecule has 0 aromatic heterocycles. The van der Waals surface area contributed by atoms with Crippen molar-refractivity contribution in [3.05, 3.63) is 54.6 Å². The number of amidine groups is 1. The minimum absolute atomic E-state index is 0.00213. The van der Waals surface area contributed by atoms with Gasteiger partial charge in [-0.25, -0.2) is 8.42 Å². The van der Waals surface area contributed by atoms with E-state index in [9.17, 15) is 18.0 Å². The third-order valence-electron chi connectivity index (χ3n) is 4.74. The average molecular weight is 474 g/mol. The SMILES string of the molecule is O=C(COC(=O)CCOc1ccccc1)Nc1cccc(S(=O)(=O)NC2=NCCCCC2)c1. The summed E-state index contributed by atoms with van der Waals surface area (Å²) >= 11 is 0. The van der Waals surface area contributed by atoms with Crippen LogP contribution in [-0.2, 0) is 24.3 Å². The Balaban J connectivity index is 1.46. The Labute approximate surface area is 193 Å². The summed E-state index contributed by atoms with van der Waals surface area (Å²) in [5.74, 6) is -0.0719. The number of carbonyl (C=O) groups excluding carboxylic acids is 2. The largest absolute Gasteiger partial charge is 0.493 e. The van der Waals surface area contributed by atoms with Crippen molar-refractivity contribution in [3.63, 3.8) is 0 Å². The van der Waals surface area contributed by atoms with E-state index in [0.29, 0.717) is 24.6 Å². The van der Waals surface area contributed by atoms with Gasteiger partial charge in [0.05, 0.1) is 17.9 Å². The number of ether oxygens (including phenoxy) is 2. The number of nitrogens with one attached hydrogen (secondary N) is 2. The number of sulfonamides is 1. The van der Waals surface area contributed by atoms with Crippen molar-refractivity contribution in [2.75, 3.05) is 25.1 Å². The molecule has 0 aliphatic carbocycles. The van der Waals surface area contributed by atoms with Crippen LogP contribution >= 0.6 is 0 Å². The van der Waals surface area contributed by atoms with E-state index in [1.807, 2.05) is 18.2 Å². The van der Waals surface area contributed by atoms with Gasteiger partial charge in [-0.05, 0) is 43.2 Å². The van der Waals surface area contributed by atoms with Gasteiger partial charge in [0, 0.05) is 18.7 Å². The standard InChI is InChI=1S/C23H27N3O6S/c27-22(17-32-23(28)13-15-31-19-9-3-1-4-10-19)25-18-8-7-11-20(16-18)33(29,30)26-21-12-5-2-6-14-24-21/h1,3-4,7-11,16H,2,5-6,12-15,17H2,(H,24,26)(H,25,27). The van der Waals surface area contributed by atoms with E-state index in [2.05, 4.69) is 15.0 Å². The molecule has 0 bridgehead atoms. The first kappa shape index (κ1) is 24.2. The van der Waals surface area contributed by atoms with Gasteiger partial charge in [0.15, 0.2) is 6.61 Å². The highest BCUT2D eigenvalue weighted by Gasteiger charge is 2.18. The van der Waals surface area contributed by atoms with Crippen LogP contribution in [0.5, 0.6) is 5.75 Å². The molecule has 1 aliphatic rings. The number of hydrogen-bond acceptors (Lipinski definition) is 7. The molecule has 2 N–H and O–H groups in total. The maximum atomic E-state index is 12.7. The highest BCUT2D eigenvalue weighted by atomic mass is 32.2. The summed E-state index contributed by atoms with van der Waals surface area (Å²) in [5.41, 5.74) is 0.272. The monoisotopic (exact) mass is 473 g/mol. The minimum atomic E-state index is -3.82. The van der Waals surface area contributed by atoms with Crippen LogP contribution in [0, 0.1) is 0 Å². The zero-order valence-electron chi connectivity index (χ0n) is 18.2. The lowest BCUT2D eigenvalue weighted by atomic mass is 10.2. The van der Waals surface area contributed by atoms with E-state index in [4.69, 9.17) is 9.47 Å². The normalized spacial score (nSPS) is 13.9. The van der Waals surface area contributed by atoms with Crippen LogP contribution in [0.2, 0.25) is 0 Å². The lowest BCUT2D eigenvalue weighted by molar-refractivity contribution is -0.147. The molecule has 1 aliphatic heterocycles. The number of nitrogens with zero attached hydrogens (tertiary/aromatic N) is 1. The number of esters is 1. The first-order valence-electron chi connectivity index (χ1n) is 10.7. The van der Waals surface area contributed by atoms with Crippen molar-refractivity contribution in [3.8, 4) is 5.75 Å². The number of amides is 1. The predicted molar refractivity (Wildman–Crippen MR) is 124 cm³/mol. The Morgan fingerprint density at radius 3 is 2.64 bits per heavy atom. The van der Waals surface area contributed by atoms with Gasteiger partial charge in [0.2, 0.25) is 0 Å². The second-order valence-corrected chi connectivity index (χ2v) is 9.08. The van der Waals surface area contributed by atoms with Gasteiger partial charge >= 0.3 is 5.97 Å². The third kappa shape index (κ3) is 8.23. The number of anilines is 1. The van der Waals surface area contributed by atoms with E-state index >= 15 is 0 Å². The van der Waals surface area contributed by atoms with Gasteiger partial charge in [-0.3, -0.25) is 19.3 Å². The molecule has 0 fully saturated rings. The lowest BCUT2D eigenvalue weighted by Crippen LogP contribution is -2.30. The fraction of sp³-hybridized carbons (Fsp3) is 0.348. The summed E-state index contributed by atoms with van der Waals surface area (Å²) in [6.07, 6.45) is 3.41. The Hall–Kier alpha value is -3.40. The van der Waals surface area contributed by atoms with E-state index in [-0.39, 0.29) is 23.6 Å². The van der Waals surface area contributed by atoms with Crippen LogP contribution in [0.4, 0.5) is 5.69 Å². The summed E-state index contributed by atoms with van der Waals surface area (Å²) in [4.78, 5) is 28.2. The van der Waals surface area contributed by atoms with E-state index in [0.717, 1.165) is 19.3 Å². The molecule has 9 nitrogen and oxygen atoms in total.